The molecule has 0 amide bonds. The van der Waals surface area contributed by atoms with E-state index in [9.17, 15) is 13.0 Å². The molecule has 0 saturated heterocycles. The van der Waals surface area contributed by atoms with Crippen molar-refractivity contribution in [1.29, 1.82) is 0 Å². The molecule has 0 aliphatic rings. The van der Waals surface area contributed by atoms with E-state index in [1.165, 1.54) is 31.2 Å². The normalized spacial score (nSPS) is 12.2. The molecule has 6 nitrogen and oxygen atoms in total. The Morgan fingerprint density at radius 2 is 1.86 bits per heavy atom. The third-order valence-corrected chi connectivity index (χ3v) is 4.57. The van der Waals surface area contributed by atoms with Gasteiger partial charge in [0.25, 0.3) is 0 Å². The number of ether oxygens (including phenoxy) is 3. The van der Waals surface area contributed by atoms with E-state index >= 15 is 0 Å². The van der Waals surface area contributed by atoms with E-state index in [0.29, 0.717) is 12.4 Å². The molecule has 0 fully saturated rings. The Morgan fingerprint density at radius 1 is 1.14 bits per heavy atom. The van der Waals surface area contributed by atoms with Crippen molar-refractivity contribution in [2.24, 2.45) is 0 Å². The Labute approximate surface area is 191 Å². The topological polar surface area (TPSA) is 84.9 Å². The Bertz CT molecular complexity index is 618. The Balaban J connectivity index is 0.00000729. The minimum absolute atomic E-state index is 0. The minimum atomic E-state index is -4.30. The third kappa shape index (κ3) is 14.6. The smallest absolute Gasteiger partial charge is 0.748 e. The predicted octanol–water partition coefficient (Wildman–Crippen LogP) is 0.325. The zero-order valence-corrected chi connectivity index (χ0v) is 19.9. The molecule has 1 aromatic rings. The van der Waals surface area contributed by atoms with E-state index < -0.39 is 22.0 Å². The largest absolute Gasteiger partial charge is 1.00 e. The maximum absolute atomic E-state index is 10.7. The first-order valence-corrected chi connectivity index (χ1v) is 11.0. The fraction of sp³-hybridized carbons (Fsp3) is 0.600. The second-order valence-corrected chi connectivity index (χ2v) is 7.87. The first-order chi connectivity index (χ1) is 12.9. The number of hydrogen-bond acceptors (Lipinski definition) is 6. The first-order valence-electron chi connectivity index (χ1n) is 9.40. The molecule has 0 spiro atoms. The fourth-order valence-electron chi connectivity index (χ4n) is 2.44. The van der Waals surface area contributed by atoms with Crippen LogP contribution < -0.4 is 34.3 Å². The van der Waals surface area contributed by atoms with Gasteiger partial charge in [0, 0.05) is 0 Å². The van der Waals surface area contributed by atoms with Gasteiger partial charge in [-0.2, -0.15) is 0 Å². The van der Waals surface area contributed by atoms with Crippen LogP contribution in [0.1, 0.15) is 38.2 Å². The molecular formula is C20H31NaO6S. The molecule has 0 aliphatic carbocycles. The first kappa shape index (κ1) is 27.6. The molecule has 1 aromatic carbocycles. The summed E-state index contributed by atoms with van der Waals surface area (Å²) in [6, 6.07) is 7.93. The van der Waals surface area contributed by atoms with Gasteiger partial charge in [0.1, 0.15) is 18.5 Å². The van der Waals surface area contributed by atoms with Crippen molar-refractivity contribution in [3.05, 3.63) is 42.5 Å². The summed E-state index contributed by atoms with van der Waals surface area (Å²) in [6.45, 7) is 6.36. The maximum Gasteiger partial charge on any atom is 1.00 e. The SMILES string of the molecule is C=CCOCC(COc1ccc(CCCCCC)cc1)OCCS(=O)(=O)[O-].[Na+]. The van der Waals surface area contributed by atoms with Crippen molar-refractivity contribution in [3.8, 4) is 5.75 Å². The van der Waals surface area contributed by atoms with Crippen LogP contribution >= 0.6 is 0 Å². The second-order valence-electron chi connectivity index (χ2n) is 6.35. The van der Waals surface area contributed by atoms with Crippen LogP contribution in [0.4, 0.5) is 0 Å². The Kier molecular flexibility index (Phi) is 16.2. The van der Waals surface area contributed by atoms with Crippen LogP contribution in [-0.2, 0) is 26.0 Å². The van der Waals surface area contributed by atoms with Gasteiger partial charge < -0.3 is 18.8 Å². The molecule has 28 heavy (non-hydrogen) atoms. The van der Waals surface area contributed by atoms with Crippen LogP contribution in [-0.4, -0.2) is 51.3 Å². The molecule has 0 saturated carbocycles. The van der Waals surface area contributed by atoms with Crippen LogP contribution in [0.3, 0.4) is 0 Å². The van der Waals surface area contributed by atoms with Gasteiger partial charge in [0.15, 0.2) is 0 Å². The zero-order chi connectivity index (χ0) is 20.0. The summed E-state index contributed by atoms with van der Waals surface area (Å²) in [5.74, 6) is 0.138. The van der Waals surface area contributed by atoms with E-state index in [4.69, 9.17) is 14.2 Å². The summed E-state index contributed by atoms with van der Waals surface area (Å²) in [5, 5.41) is 0. The molecule has 1 unspecified atom stereocenters. The zero-order valence-electron chi connectivity index (χ0n) is 17.1. The van der Waals surface area contributed by atoms with Crippen LogP contribution in [0.5, 0.6) is 5.75 Å². The van der Waals surface area contributed by atoms with E-state index in [1.807, 2.05) is 12.1 Å². The molecule has 0 N–H and O–H groups in total. The number of rotatable bonds is 16. The van der Waals surface area contributed by atoms with Crippen LogP contribution in [0.2, 0.25) is 0 Å². The number of unbranched alkanes of at least 4 members (excludes halogenated alkanes) is 3. The van der Waals surface area contributed by atoms with Gasteiger partial charge in [-0.3, -0.25) is 0 Å². The Hall–Kier alpha value is -0.410. The molecule has 154 valence electrons. The summed E-state index contributed by atoms with van der Waals surface area (Å²) in [7, 11) is -4.30. The maximum atomic E-state index is 10.7. The van der Waals surface area contributed by atoms with Crippen molar-refractivity contribution < 1.29 is 56.7 Å². The van der Waals surface area contributed by atoms with Crippen LogP contribution in [0, 0.1) is 0 Å². The molecule has 0 radical (unpaired) electrons. The van der Waals surface area contributed by atoms with Crippen molar-refractivity contribution in [2.45, 2.75) is 45.1 Å². The summed E-state index contributed by atoms with van der Waals surface area (Å²) < 4.78 is 48.5. The van der Waals surface area contributed by atoms with E-state index in [2.05, 4.69) is 25.6 Å². The fourth-order valence-corrected chi connectivity index (χ4v) is 2.74. The summed E-state index contributed by atoms with van der Waals surface area (Å²) in [4.78, 5) is 0. The molecular weight excluding hydrogens is 391 g/mol. The minimum Gasteiger partial charge on any atom is -0.748 e. The standard InChI is InChI=1S/C20H32O6S.Na/c1-3-5-6-7-8-18-9-11-19(12-10-18)26-17-20(16-24-13-4-2)25-14-15-27(21,22)23;/h4,9-12,20H,2-3,5-8,13-17H2,1H3,(H,21,22,23);/q;+1/p-1. The molecule has 0 heterocycles. The van der Waals surface area contributed by atoms with E-state index in [1.54, 1.807) is 6.08 Å². The molecule has 1 rings (SSSR count). The van der Waals surface area contributed by atoms with E-state index in [0.717, 1.165) is 6.42 Å². The number of benzene rings is 1. The average Bonchev–Trinajstić information content (AvgIpc) is 2.63. The van der Waals surface area contributed by atoms with Crippen LogP contribution in [0.25, 0.3) is 0 Å². The monoisotopic (exact) mass is 422 g/mol. The summed E-state index contributed by atoms with van der Waals surface area (Å²) in [5.41, 5.74) is 1.28. The Morgan fingerprint density at radius 3 is 2.46 bits per heavy atom. The van der Waals surface area contributed by atoms with Gasteiger partial charge in [-0.25, -0.2) is 8.42 Å². The number of hydrogen-bond donors (Lipinski definition) is 0. The van der Waals surface area contributed by atoms with Crippen molar-refractivity contribution in [1.82, 2.24) is 0 Å². The van der Waals surface area contributed by atoms with E-state index in [-0.39, 0.29) is 49.4 Å². The average molecular weight is 423 g/mol. The van der Waals surface area contributed by atoms with Crippen molar-refractivity contribution in [3.63, 3.8) is 0 Å². The second kappa shape index (κ2) is 16.4. The summed E-state index contributed by atoms with van der Waals surface area (Å²) in [6.07, 6.45) is 7.13. The quantitative estimate of drug-likeness (QED) is 0.165. The van der Waals surface area contributed by atoms with Crippen LogP contribution in [0.15, 0.2) is 36.9 Å². The van der Waals surface area contributed by atoms with Gasteiger partial charge in [-0.15, -0.1) is 6.58 Å². The molecule has 0 aliphatic heterocycles. The predicted molar refractivity (Wildman–Crippen MR) is 105 cm³/mol. The molecule has 0 aromatic heterocycles. The van der Waals surface area contributed by atoms with Gasteiger partial charge in [-0.05, 0) is 30.5 Å². The third-order valence-electron chi connectivity index (χ3n) is 3.90. The molecule has 0 bridgehead atoms. The van der Waals surface area contributed by atoms with Crippen molar-refractivity contribution in [2.75, 3.05) is 32.2 Å². The molecule has 1 atom stereocenters. The summed E-state index contributed by atoms with van der Waals surface area (Å²) >= 11 is 0. The van der Waals surface area contributed by atoms with Gasteiger partial charge in [0.2, 0.25) is 0 Å². The van der Waals surface area contributed by atoms with Gasteiger partial charge >= 0.3 is 29.6 Å². The van der Waals surface area contributed by atoms with Gasteiger partial charge in [0.05, 0.1) is 35.7 Å². The number of aryl methyl sites for hydroxylation is 1. The van der Waals surface area contributed by atoms with Crippen molar-refractivity contribution >= 4 is 10.1 Å². The molecule has 8 heteroatoms. The van der Waals surface area contributed by atoms with Gasteiger partial charge in [-0.1, -0.05) is 44.4 Å².